The van der Waals surface area contributed by atoms with Crippen molar-refractivity contribution in [3.8, 4) is 11.8 Å². The summed E-state index contributed by atoms with van der Waals surface area (Å²) in [5, 5.41) is 0.102. The number of nitrogens with zero attached hydrogens (tertiary/aromatic N) is 1. The van der Waals surface area contributed by atoms with E-state index in [-0.39, 0.29) is 23.0 Å². The van der Waals surface area contributed by atoms with E-state index in [2.05, 4.69) is 50.4 Å². The van der Waals surface area contributed by atoms with Crippen LogP contribution in [-0.2, 0) is 24.0 Å². The molecule has 6 nitrogen and oxygen atoms in total. The van der Waals surface area contributed by atoms with Crippen molar-refractivity contribution in [3.05, 3.63) is 42.0 Å². The molecule has 0 aromatic heterocycles. The Morgan fingerprint density at radius 3 is 2.30 bits per heavy atom. The van der Waals surface area contributed by atoms with E-state index in [1.165, 1.54) is 11.4 Å². The maximum Gasteiger partial charge on any atom is 0.384 e. The highest BCUT2D eigenvalue weighted by Gasteiger charge is 2.36. The Balaban J connectivity index is 2.95. The first kappa shape index (κ1) is 26.1. The van der Waals surface area contributed by atoms with Gasteiger partial charge in [0.25, 0.3) is 0 Å². The molecule has 0 unspecified atom stereocenters. The number of methoxy groups -OCH3 is 1. The quantitative estimate of drug-likeness (QED) is 0.198. The Hall–Kier alpha value is -1.92. The lowest BCUT2D eigenvalue weighted by Crippen LogP contribution is -2.40. The third-order valence-corrected chi connectivity index (χ3v) is 11.4. The molecule has 0 aliphatic heterocycles. The molecule has 0 bridgehead atoms. The van der Waals surface area contributed by atoms with Crippen LogP contribution in [0.2, 0.25) is 18.1 Å². The predicted octanol–water partition coefficient (Wildman–Crippen LogP) is 3.74. The van der Waals surface area contributed by atoms with E-state index in [0.717, 1.165) is 5.56 Å². The molecule has 166 valence electrons. The number of hydrogen-bond acceptors (Lipinski definition) is 5. The van der Waals surface area contributed by atoms with Gasteiger partial charge in [-0.15, -0.1) is 0 Å². The number of rotatable bonds is 8. The van der Waals surface area contributed by atoms with Crippen LogP contribution in [0.4, 0.5) is 0 Å². The van der Waals surface area contributed by atoms with Crippen molar-refractivity contribution in [1.82, 2.24) is 4.31 Å². The van der Waals surface area contributed by atoms with Crippen molar-refractivity contribution in [2.24, 2.45) is 0 Å². The molecule has 0 saturated heterocycles. The molecule has 0 aliphatic rings. The summed E-state index contributed by atoms with van der Waals surface area (Å²) < 4.78 is 37.8. The normalized spacial score (nSPS) is 12.7. The standard InChI is InChI=1S/C22H33NO5SSi/c1-19-12-14-20(15-13-19)29(25,26)23(17-10-11-21(24)27-5)16-8-9-18-28-30(6,7)22(2,3)4/h8-9,12-15H,16-18H2,1-7H3/b9-8+. The zero-order valence-corrected chi connectivity index (χ0v) is 20.8. The smallest absolute Gasteiger partial charge is 0.384 e. The van der Waals surface area contributed by atoms with Gasteiger partial charge < -0.3 is 9.16 Å². The molecule has 30 heavy (non-hydrogen) atoms. The van der Waals surface area contributed by atoms with Gasteiger partial charge in [-0.05, 0) is 37.2 Å². The predicted molar refractivity (Wildman–Crippen MR) is 122 cm³/mol. The molecule has 0 amide bonds. The summed E-state index contributed by atoms with van der Waals surface area (Å²) in [7, 11) is -4.41. The Bertz CT molecular complexity index is 904. The van der Waals surface area contributed by atoms with Crippen molar-refractivity contribution in [2.45, 2.75) is 50.7 Å². The van der Waals surface area contributed by atoms with Crippen LogP contribution in [0.25, 0.3) is 0 Å². The van der Waals surface area contributed by atoms with Crippen LogP contribution < -0.4 is 0 Å². The second kappa shape index (κ2) is 10.9. The number of sulfonamides is 1. The Labute approximate surface area is 182 Å². The molecule has 0 fully saturated rings. The molecule has 0 N–H and O–H groups in total. The maximum atomic E-state index is 13.0. The van der Waals surface area contributed by atoms with Gasteiger partial charge in [0.2, 0.25) is 10.0 Å². The van der Waals surface area contributed by atoms with Gasteiger partial charge in [0.15, 0.2) is 8.32 Å². The SMILES string of the molecule is COC(=O)C#CCN(C/C=C/CO[Si](C)(C)C(C)(C)C)S(=O)(=O)c1ccc(C)cc1. The molecule has 0 radical (unpaired) electrons. The number of aryl methyl sites for hydroxylation is 1. The third kappa shape index (κ3) is 7.72. The van der Waals surface area contributed by atoms with E-state index in [1.807, 2.05) is 13.0 Å². The lowest BCUT2D eigenvalue weighted by Gasteiger charge is -2.35. The van der Waals surface area contributed by atoms with E-state index in [9.17, 15) is 13.2 Å². The van der Waals surface area contributed by atoms with Crippen molar-refractivity contribution in [1.29, 1.82) is 0 Å². The molecule has 1 aromatic carbocycles. The number of carbonyl (C=O) groups excluding carboxylic acids is 1. The van der Waals surface area contributed by atoms with Gasteiger partial charge in [-0.2, -0.15) is 4.31 Å². The lowest BCUT2D eigenvalue weighted by molar-refractivity contribution is -0.133. The number of esters is 1. The molecule has 0 aliphatic carbocycles. The molecule has 8 heteroatoms. The van der Waals surface area contributed by atoms with Gasteiger partial charge in [-0.25, -0.2) is 13.2 Å². The lowest BCUT2D eigenvalue weighted by atomic mass is 10.2. The van der Waals surface area contributed by atoms with Crippen molar-refractivity contribution in [3.63, 3.8) is 0 Å². The van der Waals surface area contributed by atoms with Gasteiger partial charge in [-0.3, -0.25) is 0 Å². The number of ether oxygens (including phenoxy) is 1. The fourth-order valence-electron chi connectivity index (χ4n) is 2.09. The Morgan fingerprint density at radius 1 is 1.17 bits per heavy atom. The number of carbonyl (C=O) groups is 1. The van der Waals surface area contributed by atoms with Gasteiger partial charge >= 0.3 is 5.97 Å². The minimum absolute atomic E-state index is 0.102. The summed E-state index contributed by atoms with van der Waals surface area (Å²) in [5.74, 6) is 4.14. The first-order valence-corrected chi connectivity index (χ1v) is 14.1. The number of hydrogen-bond donors (Lipinski definition) is 0. The average molecular weight is 452 g/mol. The van der Waals surface area contributed by atoms with Crippen molar-refractivity contribution < 1.29 is 22.4 Å². The highest BCUT2D eigenvalue weighted by atomic mass is 32.2. The van der Waals surface area contributed by atoms with Crippen LogP contribution in [0.3, 0.4) is 0 Å². The number of benzene rings is 1. The van der Waals surface area contributed by atoms with E-state index in [1.54, 1.807) is 30.3 Å². The molecule has 1 rings (SSSR count). The zero-order valence-electron chi connectivity index (χ0n) is 19.0. The minimum atomic E-state index is -3.77. The Kier molecular flexibility index (Phi) is 9.50. The molecule has 0 atom stereocenters. The molecular formula is C22H33NO5SSi. The van der Waals surface area contributed by atoms with E-state index in [0.29, 0.717) is 6.61 Å². The van der Waals surface area contributed by atoms with Crippen LogP contribution in [0.5, 0.6) is 0 Å². The minimum Gasteiger partial charge on any atom is -0.459 e. The van der Waals surface area contributed by atoms with E-state index in [4.69, 9.17) is 4.43 Å². The summed E-state index contributed by atoms with van der Waals surface area (Å²) >= 11 is 0. The summed E-state index contributed by atoms with van der Waals surface area (Å²) in [6.45, 7) is 13.1. The second-order valence-electron chi connectivity index (χ2n) is 8.45. The van der Waals surface area contributed by atoms with Crippen molar-refractivity contribution in [2.75, 3.05) is 26.8 Å². The average Bonchev–Trinajstić information content (AvgIpc) is 2.65. The van der Waals surface area contributed by atoms with Crippen LogP contribution in [0, 0.1) is 18.8 Å². The summed E-state index contributed by atoms with van der Waals surface area (Å²) in [5.41, 5.74) is 0.966. The summed E-state index contributed by atoms with van der Waals surface area (Å²) in [4.78, 5) is 11.4. The van der Waals surface area contributed by atoms with Crippen LogP contribution in [0.15, 0.2) is 41.3 Å². The topological polar surface area (TPSA) is 72.9 Å². The maximum absolute atomic E-state index is 13.0. The molecule has 0 spiro atoms. The first-order chi connectivity index (χ1) is 13.8. The van der Waals surface area contributed by atoms with Gasteiger partial charge in [-0.1, -0.05) is 56.5 Å². The second-order valence-corrected chi connectivity index (χ2v) is 15.2. The first-order valence-electron chi connectivity index (χ1n) is 9.74. The van der Waals surface area contributed by atoms with E-state index < -0.39 is 24.3 Å². The largest absolute Gasteiger partial charge is 0.459 e. The monoisotopic (exact) mass is 451 g/mol. The highest BCUT2D eigenvalue weighted by Crippen LogP contribution is 2.36. The van der Waals surface area contributed by atoms with Gasteiger partial charge in [0, 0.05) is 12.5 Å². The van der Waals surface area contributed by atoms with Crippen LogP contribution in [-0.4, -0.2) is 53.8 Å². The van der Waals surface area contributed by atoms with Crippen molar-refractivity contribution >= 4 is 24.3 Å². The van der Waals surface area contributed by atoms with Crippen LogP contribution in [0.1, 0.15) is 26.3 Å². The molecular weight excluding hydrogens is 418 g/mol. The van der Waals surface area contributed by atoms with Gasteiger partial charge in [0.05, 0.1) is 25.2 Å². The Morgan fingerprint density at radius 2 is 1.77 bits per heavy atom. The van der Waals surface area contributed by atoms with Gasteiger partial charge in [0.1, 0.15) is 0 Å². The summed E-state index contributed by atoms with van der Waals surface area (Å²) in [6.07, 6.45) is 3.57. The molecule has 1 aromatic rings. The van der Waals surface area contributed by atoms with Crippen LogP contribution >= 0.6 is 0 Å². The fraction of sp³-hybridized carbons (Fsp3) is 0.500. The fourth-order valence-corrected chi connectivity index (χ4v) is 4.33. The van der Waals surface area contributed by atoms with E-state index >= 15 is 0 Å². The third-order valence-electron chi connectivity index (χ3n) is 5.11. The highest BCUT2D eigenvalue weighted by molar-refractivity contribution is 7.89. The molecule has 0 heterocycles. The molecule has 0 saturated carbocycles. The zero-order chi connectivity index (χ0) is 23.0. The summed E-state index contributed by atoms with van der Waals surface area (Å²) in [6, 6.07) is 6.62.